The molecule has 0 radical (unpaired) electrons. The van der Waals surface area contributed by atoms with Gasteiger partial charge < -0.3 is 5.73 Å². The van der Waals surface area contributed by atoms with Crippen molar-refractivity contribution in [3.63, 3.8) is 0 Å². The van der Waals surface area contributed by atoms with E-state index in [0.29, 0.717) is 10.6 Å². The Morgan fingerprint density at radius 3 is 2.36 bits per heavy atom. The van der Waals surface area contributed by atoms with E-state index in [-0.39, 0.29) is 23.8 Å². The summed E-state index contributed by atoms with van der Waals surface area (Å²) in [5.74, 6) is 0. The van der Waals surface area contributed by atoms with Gasteiger partial charge in [0.05, 0.1) is 4.90 Å². The lowest BCUT2D eigenvalue weighted by atomic mass is 10.2. The monoisotopic (exact) mass is 256 g/mol. The van der Waals surface area contributed by atoms with Gasteiger partial charge in [0.1, 0.15) is 0 Å². The number of benzene rings is 1. The minimum atomic E-state index is -3.70. The number of hydrogen-bond acceptors (Lipinski definition) is 3. The van der Waals surface area contributed by atoms with Crippen LogP contribution in [0.2, 0.25) is 5.02 Å². The third-order valence-corrected chi connectivity index (χ3v) is 2.80. The molecule has 0 aliphatic heterocycles. The normalized spacial score (nSPS) is 10.8. The number of rotatable bonds is 2. The molecular weight excluding hydrogens is 247 g/mol. The number of sulfonamides is 1. The van der Waals surface area contributed by atoms with E-state index in [4.69, 9.17) is 22.5 Å². The van der Waals surface area contributed by atoms with Crippen LogP contribution in [0.4, 0.5) is 0 Å². The van der Waals surface area contributed by atoms with Crippen LogP contribution in [0.3, 0.4) is 0 Å². The molecule has 0 heterocycles. The van der Waals surface area contributed by atoms with Crippen LogP contribution >= 0.6 is 24.0 Å². The van der Waals surface area contributed by atoms with Gasteiger partial charge in [-0.25, -0.2) is 13.6 Å². The average Bonchev–Trinajstić information content (AvgIpc) is 2.01. The molecule has 0 bridgehead atoms. The molecule has 1 rings (SSSR count). The van der Waals surface area contributed by atoms with E-state index < -0.39 is 10.0 Å². The zero-order valence-corrected chi connectivity index (χ0v) is 9.49. The third kappa shape index (κ3) is 3.11. The Morgan fingerprint density at radius 1 is 1.36 bits per heavy atom. The van der Waals surface area contributed by atoms with Crippen LogP contribution in [0.15, 0.2) is 23.1 Å². The first-order valence-corrected chi connectivity index (χ1v) is 5.39. The third-order valence-electron chi connectivity index (χ3n) is 1.55. The minimum absolute atomic E-state index is 0. The lowest BCUT2D eigenvalue weighted by Crippen LogP contribution is -2.15. The smallest absolute Gasteiger partial charge is 0.238 e. The van der Waals surface area contributed by atoms with Crippen molar-refractivity contribution in [2.24, 2.45) is 10.9 Å². The first-order valence-electron chi connectivity index (χ1n) is 3.46. The summed E-state index contributed by atoms with van der Waals surface area (Å²) in [5.41, 5.74) is 5.76. The molecule has 0 aromatic heterocycles. The van der Waals surface area contributed by atoms with E-state index in [9.17, 15) is 8.42 Å². The zero-order valence-electron chi connectivity index (χ0n) is 7.10. The van der Waals surface area contributed by atoms with E-state index in [1.165, 1.54) is 18.2 Å². The van der Waals surface area contributed by atoms with E-state index >= 15 is 0 Å². The van der Waals surface area contributed by atoms with Gasteiger partial charge in [-0.15, -0.1) is 12.4 Å². The second-order valence-electron chi connectivity index (χ2n) is 2.50. The van der Waals surface area contributed by atoms with E-state index in [0.717, 1.165) is 0 Å². The van der Waals surface area contributed by atoms with Crippen molar-refractivity contribution >= 4 is 34.0 Å². The molecule has 4 N–H and O–H groups in total. The Kier molecular flexibility index (Phi) is 4.83. The fraction of sp³-hybridized carbons (Fsp3) is 0.143. The van der Waals surface area contributed by atoms with Crippen molar-refractivity contribution in [3.8, 4) is 0 Å². The van der Waals surface area contributed by atoms with E-state index in [1.807, 2.05) is 0 Å². The van der Waals surface area contributed by atoms with Crippen LogP contribution < -0.4 is 10.9 Å². The highest BCUT2D eigenvalue weighted by Crippen LogP contribution is 2.18. The van der Waals surface area contributed by atoms with Gasteiger partial charge in [-0.1, -0.05) is 11.6 Å². The average molecular weight is 257 g/mol. The molecule has 4 nitrogen and oxygen atoms in total. The Labute approximate surface area is 93.7 Å². The molecule has 0 atom stereocenters. The molecular formula is C7H10Cl2N2O2S. The van der Waals surface area contributed by atoms with Gasteiger partial charge in [0, 0.05) is 11.6 Å². The molecule has 0 fully saturated rings. The van der Waals surface area contributed by atoms with E-state index in [2.05, 4.69) is 0 Å². The van der Waals surface area contributed by atoms with Gasteiger partial charge >= 0.3 is 0 Å². The summed E-state index contributed by atoms with van der Waals surface area (Å²) in [6, 6.07) is 4.29. The summed E-state index contributed by atoms with van der Waals surface area (Å²) in [5, 5.41) is 5.39. The summed E-state index contributed by atoms with van der Waals surface area (Å²) in [4.78, 5) is 0.0272. The highest BCUT2D eigenvalue weighted by Gasteiger charge is 2.12. The van der Waals surface area contributed by atoms with Crippen molar-refractivity contribution in [1.29, 1.82) is 0 Å². The lowest BCUT2D eigenvalue weighted by molar-refractivity contribution is 0.596. The van der Waals surface area contributed by atoms with Crippen LogP contribution in [0.25, 0.3) is 0 Å². The number of hydrogen-bond donors (Lipinski definition) is 2. The highest BCUT2D eigenvalue weighted by molar-refractivity contribution is 7.89. The van der Waals surface area contributed by atoms with E-state index in [1.54, 1.807) is 0 Å². The maximum Gasteiger partial charge on any atom is 0.238 e. The maximum absolute atomic E-state index is 11.0. The minimum Gasteiger partial charge on any atom is -0.326 e. The lowest BCUT2D eigenvalue weighted by Gasteiger charge is -2.04. The second-order valence-corrected chi connectivity index (χ2v) is 4.47. The number of nitrogens with two attached hydrogens (primary N) is 2. The molecule has 0 amide bonds. The van der Waals surface area contributed by atoms with Gasteiger partial charge in [0.25, 0.3) is 0 Å². The second kappa shape index (κ2) is 4.95. The fourth-order valence-corrected chi connectivity index (χ4v) is 1.95. The zero-order chi connectivity index (χ0) is 10.1. The molecule has 7 heteroatoms. The van der Waals surface area contributed by atoms with Crippen molar-refractivity contribution < 1.29 is 8.42 Å². The standard InChI is InChI=1S/C7H9ClN2O2S.ClH/c8-6-1-2-7(13(10,11)12)5(3-6)4-9;/h1-3H,4,9H2,(H2,10,11,12);1H. The quantitative estimate of drug-likeness (QED) is 0.824. The van der Waals surface area contributed by atoms with Crippen molar-refractivity contribution in [2.75, 3.05) is 0 Å². The van der Waals surface area contributed by atoms with Gasteiger partial charge in [0.2, 0.25) is 10.0 Å². The molecule has 0 saturated heterocycles. The van der Waals surface area contributed by atoms with Gasteiger partial charge in [-0.3, -0.25) is 0 Å². The molecule has 0 aliphatic carbocycles. The highest BCUT2D eigenvalue weighted by atomic mass is 35.5. The van der Waals surface area contributed by atoms with Gasteiger partial charge in [-0.2, -0.15) is 0 Å². The summed E-state index contributed by atoms with van der Waals surface area (Å²) in [6.45, 7) is 0.0896. The summed E-state index contributed by atoms with van der Waals surface area (Å²) < 4.78 is 22.0. The Bertz CT molecular complexity index is 420. The maximum atomic E-state index is 11.0. The number of primary sulfonamides is 1. The molecule has 0 spiro atoms. The van der Waals surface area contributed by atoms with Crippen LogP contribution in [0, 0.1) is 0 Å². The van der Waals surface area contributed by atoms with Gasteiger partial charge in [0.15, 0.2) is 0 Å². The van der Waals surface area contributed by atoms with Crippen molar-refractivity contribution in [3.05, 3.63) is 28.8 Å². The predicted molar refractivity (Wildman–Crippen MR) is 58.0 cm³/mol. The van der Waals surface area contributed by atoms with Crippen LogP contribution in [0.5, 0.6) is 0 Å². The summed E-state index contributed by atoms with van der Waals surface area (Å²) in [7, 11) is -3.70. The fourth-order valence-electron chi connectivity index (χ4n) is 0.985. The molecule has 1 aromatic rings. The van der Waals surface area contributed by atoms with Crippen LogP contribution in [-0.2, 0) is 16.6 Å². The van der Waals surface area contributed by atoms with Crippen LogP contribution in [0.1, 0.15) is 5.56 Å². The molecule has 1 aromatic carbocycles. The Balaban J connectivity index is 0.00000169. The molecule has 80 valence electrons. The Hall–Kier alpha value is -0.330. The summed E-state index contributed by atoms with van der Waals surface area (Å²) in [6.07, 6.45) is 0. The summed E-state index contributed by atoms with van der Waals surface area (Å²) >= 11 is 5.65. The topological polar surface area (TPSA) is 86.2 Å². The predicted octanol–water partition coefficient (Wildman–Crippen LogP) is 0.868. The molecule has 0 aliphatic rings. The van der Waals surface area contributed by atoms with Gasteiger partial charge in [-0.05, 0) is 23.8 Å². The largest absolute Gasteiger partial charge is 0.326 e. The molecule has 0 saturated carbocycles. The first-order chi connectivity index (χ1) is 5.95. The Morgan fingerprint density at radius 2 is 1.93 bits per heavy atom. The van der Waals surface area contributed by atoms with Crippen LogP contribution in [-0.4, -0.2) is 8.42 Å². The molecule has 0 unspecified atom stereocenters. The SMILES string of the molecule is Cl.NCc1cc(Cl)ccc1S(N)(=O)=O. The number of halogens is 2. The molecule has 14 heavy (non-hydrogen) atoms. The van der Waals surface area contributed by atoms with Crippen molar-refractivity contribution in [1.82, 2.24) is 0 Å². The van der Waals surface area contributed by atoms with Crippen molar-refractivity contribution in [2.45, 2.75) is 11.4 Å². The first kappa shape index (κ1) is 13.7.